The first kappa shape index (κ1) is 28.5. The van der Waals surface area contributed by atoms with E-state index in [-0.39, 0.29) is 0 Å². The maximum atomic E-state index is 6.29. The average molecular weight is 526 g/mol. The van der Waals surface area contributed by atoms with Crippen LogP contribution in [0.3, 0.4) is 0 Å². The average Bonchev–Trinajstić information content (AvgIpc) is 3.39. The van der Waals surface area contributed by atoms with Crippen molar-refractivity contribution in [2.45, 2.75) is 59.9 Å². The molecule has 1 aromatic carbocycles. The third-order valence-corrected chi connectivity index (χ3v) is 7.01. The molecule has 1 aliphatic heterocycles. The molecule has 1 aliphatic carbocycles. The van der Waals surface area contributed by atoms with Crippen LogP contribution in [0.25, 0.3) is 33.8 Å². The minimum atomic E-state index is 0.467. The number of piperazine rings is 1. The molecule has 4 aromatic rings. The number of nitrogens with one attached hydrogen (secondary N) is 1. The third-order valence-electron chi connectivity index (χ3n) is 7.01. The van der Waals surface area contributed by atoms with Crippen molar-refractivity contribution in [3.05, 3.63) is 72.1 Å². The van der Waals surface area contributed by atoms with Gasteiger partial charge < -0.3 is 11.1 Å². The molecule has 1 fully saturated rings. The van der Waals surface area contributed by atoms with Crippen molar-refractivity contribution in [3.63, 3.8) is 0 Å². The molecule has 206 valence electrons. The highest BCUT2D eigenvalue weighted by molar-refractivity contribution is 5.84. The van der Waals surface area contributed by atoms with Crippen molar-refractivity contribution in [2.24, 2.45) is 0 Å². The van der Waals surface area contributed by atoms with E-state index >= 15 is 0 Å². The fourth-order valence-electron chi connectivity index (χ4n) is 5.12. The Bertz CT molecular complexity index is 1370. The fourth-order valence-corrected chi connectivity index (χ4v) is 5.12. The molecule has 4 heterocycles. The zero-order valence-electron chi connectivity index (χ0n) is 24.0. The Labute approximate surface area is 233 Å². The molecule has 39 heavy (non-hydrogen) atoms. The molecular formula is C32H43N7. The molecule has 0 radical (unpaired) electrons. The van der Waals surface area contributed by atoms with Gasteiger partial charge in [0.15, 0.2) is 11.5 Å². The number of hydrogen-bond donors (Lipinski definition) is 2. The molecule has 0 amide bonds. The number of nitrogens with two attached hydrogens (primary N) is 1. The second kappa shape index (κ2) is 14.0. The van der Waals surface area contributed by atoms with Crippen molar-refractivity contribution in [1.29, 1.82) is 0 Å². The van der Waals surface area contributed by atoms with E-state index in [4.69, 9.17) is 15.7 Å². The van der Waals surface area contributed by atoms with Crippen molar-refractivity contribution in [2.75, 3.05) is 31.9 Å². The molecule has 0 bridgehead atoms. The first-order valence-electron chi connectivity index (χ1n) is 14.6. The van der Waals surface area contributed by atoms with E-state index in [9.17, 15) is 0 Å². The zero-order chi connectivity index (χ0) is 27.6. The monoisotopic (exact) mass is 525 g/mol. The van der Waals surface area contributed by atoms with Crippen LogP contribution in [0.15, 0.2) is 60.8 Å². The highest BCUT2D eigenvalue weighted by atomic mass is 15.2. The number of imidazole rings is 1. The summed E-state index contributed by atoms with van der Waals surface area (Å²) >= 11 is 0. The molecule has 1 saturated heterocycles. The van der Waals surface area contributed by atoms with E-state index in [1.807, 2.05) is 39.8 Å². The summed E-state index contributed by atoms with van der Waals surface area (Å²) in [6.07, 6.45) is 8.73. The van der Waals surface area contributed by atoms with E-state index < -0.39 is 0 Å². The number of aromatic nitrogens is 4. The van der Waals surface area contributed by atoms with E-state index in [1.54, 1.807) is 6.20 Å². The van der Waals surface area contributed by atoms with Gasteiger partial charge in [-0.15, -0.1) is 0 Å². The summed E-state index contributed by atoms with van der Waals surface area (Å²) in [5.41, 5.74) is 13.5. The van der Waals surface area contributed by atoms with Gasteiger partial charge in [0, 0.05) is 44.6 Å². The largest absolute Gasteiger partial charge is 0.383 e. The quantitative estimate of drug-likeness (QED) is 0.310. The number of hydrogen-bond acceptors (Lipinski definition) is 6. The summed E-state index contributed by atoms with van der Waals surface area (Å²) in [5, 5.41) is 3.42. The number of nitrogen functional groups attached to an aromatic ring is 1. The molecule has 6 rings (SSSR count). The number of benzene rings is 1. The Kier molecular flexibility index (Phi) is 10.2. The van der Waals surface area contributed by atoms with Crippen LogP contribution in [0.2, 0.25) is 0 Å². The lowest BCUT2D eigenvalue weighted by Gasteiger charge is -2.27. The molecule has 7 heteroatoms. The summed E-state index contributed by atoms with van der Waals surface area (Å²) in [6.45, 7) is 13.2. The number of fused-ring (bicyclic) bond motifs is 1. The first-order chi connectivity index (χ1) is 19.3. The smallest absolute Gasteiger partial charge is 0.165 e. The minimum absolute atomic E-state index is 0.467. The topological polar surface area (TPSA) is 84.9 Å². The molecule has 0 atom stereocenters. The van der Waals surface area contributed by atoms with Crippen LogP contribution in [-0.4, -0.2) is 50.6 Å². The zero-order valence-corrected chi connectivity index (χ0v) is 24.0. The highest BCUT2D eigenvalue weighted by Gasteiger charge is 2.19. The SMILES string of the molecule is CC.CC.Nc1ncccc1-c1nc2ccc(C3=CCCCC3)nc2n1-c1ccc(CN2CCNCC2)cc1. The predicted octanol–water partition coefficient (Wildman–Crippen LogP) is 6.48. The number of anilines is 1. The number of rotatable bonds is 5. The van der Waals surface area contributed by atoms with Crippen LogP contribution in [-0.2, 0) is 6.54 Å². The van der Waals surface area contributed by atoms with E-state index in [2.05, 4.69) is 62.2 Å². The summed E-state index contributed by atoms with van der Waals surface area (Å²) in [4.78, 5) is 16.9. The predicted molar refractivity (Wildman–Crippen MR) is 164 cm³/mol. The van der Waals surface area contributed by atoms with Crippen LogP contribution in [0.1, 0.15) is 64.6 Å². The van der Waals surface area contributed by atoms with E-state index in [0.29, 0.717) is 5.82 Å². The Balaban J connectivity index is 0.000000845. The summed E-state index contributed by atoms with van der Waals surface area (Å²) in [6, 6.07) is 16.8. The minimum Gasteiger partial charge on any atom is -0.383 e. The van der Waals surface area contributed by atoms with E-state index in [0.717, 1.165) is 79.5 Å². The Morgan fingerprint density at radius 2 is 1.67 bits per heavy atom. The van der Waals surface area contributed by atoms with Gasteiger partial charge in [-0.25, -0.2) is 15.0 Å². The van der Waals surface area contributed by atoms with Gasteiger partial charge in [0.05, 0.1) is 11.3 Å². The van der Waals surface area contributed by atoms with Gasteiger partial charge in [0.1, 0.15) is 11.3 Å². The van der Waals surface area contributed by atoms with Crippen molar-refractivity contribution < 1.29 is 0 Å². The summed E-state index contributed by atoms with van der Waals surface area (Å²) in [5.74, 6) is 1.23. The van der Waals surface area contributed by atoms with Gasteiger partial charge in [-0.3, -0.25) is 9.47 Å². The lowest BCUT2D eigenvalue weighted by molar-refractivity contribution is 0.233. The number of allylic oxidation sites excluding steroid dienone is 2. The first-order valence-corrected chi connectivity index (χ1v) is 14.6. The standard InChI is InChI=1S/C28H31N7.2C2H6/c29-26-23(7-4-14-31-26)27-33-25-13-12-24(21-5-2-1-3-6-21)32-28(25)35(27)22-10-8-20(9-11-22)19-34-17-15-30-16-18-34;2*1-2/h4-5,7-14,30H,1-3,6,15-19H2,(H2,29,31);2*1-2H3. The molecule has 3 aromatic heterocycles. The molecular weight excluding hydrogens is 482 g/mol. The normalized spacial score (nSPS) is 15.5. The maximum Gasteiger partial charge on any atom is 0.165 e. The molecule has 0 saturated carbocycles. The van der Waals surface area contributed by atoms with Gasteiger partial charge in [-0.05, 0) is 73.2 Å². The second-order valence-electron chi connectivity index (χ2n) is 9.41. The van der Waals surface area contributed by atoms with Crippen LogP contribution in [0, 0.1) is 0 Å². The fraction of sp³-hybridized carbons (Fsp3) is 0.406. The number of pyridine rings is 2. The second-order valence-corrected chi connectivity index (χ2v) is 9.41. The lowest BCUT2D eigenvalue weighted by atomic mass is 9.97. The third kappa shape index (κ3) is 6.54. The maximum absolute atomic E-state index is 6.29. The van der Waals surface area contributed by atoms with Crippen LogP contribution >= 0.6 is 0 Å². The van der Waals surface area contributed by atoms with Gasteiger partial charge in [0.2, 0.25) is 0 Å². The van der Waals surface area contributed by atoms with Gasteiger partial charge >= 0.3 is 0 Å². The van der Waals surface area contributed by atoms with E-state index in [1.165, 1.54) is 24.0 Å². The molecule has 3 N–H and O–H groups in total. The van der Waals surface area contributed by atoms with Gasteiger partial charge in [-0.1, -0.05) is 45.9 Å². The van der Waals surface area contributed by atoms with Gasteiger partial charge in [-0.2, -0.15) is 0 Å². The lowest BCUT2D eigenvalue weighted by Crippen LogP contribution is -2.42. The van der Waals surface area contributed by atoms with Crippen molar-refractivity contribution in [1.82, 2.24) is 29.7 Å². The van der Waals surface area contributed by atoms with Crippen LogP contribution < -0.4 is 11.1 Å². The Morgan fingerprint density at radius 1 is 0.897 bits per heavy atom. The summed E-state index contributed by atoms with van der Waals surface area (Å²) < 4.78 is 2.13. The number of nitrogens with zero attached hydrogens (tertiary/aromatic N) is 5. The van der Waals surface area contributed by atoms with Crippen LogP contribution in [0.5, 0.6) is 0 Å². The molecule has 7 nitrogen and oxygen atoms in total. The molecule has 0 spiro atoms. The molecule has 2 aliphatic rings. The highest BCUT2D eigenvalue weighted by Crippen LogP contribution is 2.32. The van der Waals surface area contributed by atoms with Gasteiger partial charge in [0.25, 0.3) is 0 Å². The Morgan fingerprint density at radius 3 is 2.36 bits per heavy atom. The Hall–Kier alpha value is -3.55. The van der Waals surface area contributed by atoms with Crippen LogP contribution in [0.4, 0.5) is 5.82 Å². The summed E-state index contributed by atoms with van der Waals surface area (Å²) in [7, 11) is 0. The van der Waals surface area contributed by atoms with Crippen molar-refractivity contribution in [3.8, 4) is 17.1 Å². The van der Waals surface area contributed by atoms with Crippen molar-refractivity contribution >= 4 is 22.6 Å². The molecule has 0 unspecified atom stereocenters.